The highest BCUT2D eigenvalue weighted by molar-refractivity contribution is 6.10. The van der Waals surface area contributed by atoms with Gasteiger partial charge in [0.15, 0.2) is 0 Å². The van der Waals surface area contributed by atoms with E-state index in [2.05, 4.69) is 6.92 Å². The first-order valence-corrected chi connectivity index (χ1v) is 8.01. The number of aryl methyl sites for hydroxylation is 1. The van der Waals surface area contributed by atoms with Gasteiger partial charge in [-0.25, -0.2) is 0 Å². The van der Waals surface area contributed by atoms with E-state index in [4.69, 9.17) is 0 Å². The second-order valence-corrected chi connectivity index (χ2v) is 6.49. The number of fused-ring (bicyclic) bond motifs is 5. The van der Waals surface area contributed by atoms with Crippen LogP contribution in [0.4, 0.5) is 13.2 Å². The van der Waals surface area contributed by atoms with E-state index in [9.17, 15) is 13.2 Å². The van der Waals surface area contributed by atoms with Crippen molar-refractivity contribution in [1.82, 2.24) is 0 Å². The third-order valence-corrected chi connectivity index (χ3v) is 5.07. The average Bonchev–Trinajstić information content (AvgIpc) is 2.53. The van der Waals surface area contributed by atoms with Gasteiger partial charge in [-0.1, -0.05) is 43.3 Å². The predicted molar refractivity (Wildman–Crippen MR) is 87.8 cm³/mol. The molecule has 0 radical (unpaired) electrons. The summed E-state index contributed by atoms with van der Waals surface area (Å²) >= 11 is 0. The Labute approximate surface area is 132 Å². The van der Waals surface area contributed by atoms with Crippen LogP contribution in [-0.2, 0) is 12.6 Å². The first-order valence-electron chi connectivity index (χ1n) is 8.01. The molecule has 0 heterocycles. The third-order valence-electron chi connectivity index (χ3n) is 5.07. The lowest BCUT2D eigenvalue weighted by Crippen LogP contribution is -2.12. The Bertz CT molecular complexity index is 906. The molecular formula is C20H17F3. The van der Waals surface area contributed by atoms with Crippen LogP contribution in [0, 0.1) is 0 Å². The molecule has 0 nitrogen and oxygen atoms in total. The van der Waals surface area contributed by atoms with Gasteiger partial charge >= 0.3 is 6.18 Å². The summed E-state index contributed by atoms with van der Waals surface area (Å²) in [6.45, 7) is 2.11. The molecule has 0 spiro atoms. The van der Waals surface area contributed by atoms with Crippen LogP contribution in [-0.4, -0.2) is 0 Å². The standard InChI is InChI=1S/C20H17F3/c1-12-5-4-8-16-14(12)9-10-17-15-7-3-2-6-13(15)11-18(19(16)17)20(21,22)23/h2-3,6-7,9-12H,4-5,8H2,1H3. The van der Waals surface area contributed by atoms with E-state index >= 15 is 0 Å². The fourth-order valence-electron chi connectivity index (χ4n) is 3.99. The SMILES string of the molecule is CC1CCCc2c1ccc1c2c(C(F)(F)F)cc2ccccc21. The minimum Gasteiger partial charge on any atom is -0.166 e. The summed E-state index contributed by atoms with van der Waals surface area (Å²) in [5, 5.41) is 2.69. The zero-order valence-corrected chi connectivity index (χ0v) is 12.9. The molecule has 1 aliphatic rings. The summed E-state index contributed by atoms with van der Waals surface area (Å²) in [5.74, 6) is 0.329. The van der Waals surface area contributed by atoms with Gasteiger partial charge < -0.3 is 0 Å². The zero-order chi connectivity index (χ0) is 16.2. The lowest BCUT2D eigenvalue weighted by Gasteiger charge is -2.26. The normalized spacial score (nSPS) is 18.3. The van der Waals surface area contributed by atoms with E-state index < -0.39 is 11.7 Å². The van der Waals surface area contributed by atoms with E-state index in [0.717, 1.165) is 41.2 Å². The van der Waals surface area contributed by atoms with Gasteiger partial charge in [-0.05, 0) is 63.9 Å². The molecule has 3 heteroatoms. The third kappa shape index (κ3) is 2.21. The van der Waals surface area contributed by atoms with Crippen molar-refractivity contribution < 1.29 is 13.2 Å². The fourth-order valence-corrected chi connectivity index (χ4v) is 3.99. The van der Waals surface area contributed by atoms with Gasteiger partial charge in [-0.3, -0.25) is 0 Å². The van der Waals surface area contributed by atoms with E-state index in [1.54, 1.807) is 12.1 Å². The summed E-state index contributed by atoms with van der Waals surface area (Å²) in [4.78, 5) is 0. The maximum atomic E-state index is 13.7. The van der Waals surface area contributed by atoms with Crippen molar-refractivity contribution in [2.75, 3.05) is 0 Å². The summed E-state index contributed by atoms with van der Waals surface area (Å²) in [6, 6.07) is 12.6. The Hall–Kier alpha value is -2.03. The van der Waals surface area contributed by atoms with Crippen molar-refractivity contribution in [3.8, 4) is 0 Å². The van der Waals surface area contributed by atoms with Crippen LogP contribution in [0.1, 0.15) is 42.4 Å². The van der Waals surface area contributed by atoms with E-state index in [-0.39, 0.29) is 0 Å². The van der Waals surface area contributed by atoms with Gasteiger partial charge in [-0.2, -0.15) is 13.2 Å². The number of alkyl halides is 3. The van der Waals surface area contributed by atoms with Crippen LogP contribution >= 0.6 is 0 Å². The number of benzene rings is 3. The van der Waals surface area contributed by atoms with Gasteiger partial charge in [0.25, 0.3) is 0 Å². The van der Waals surface area contributed by atoms with Crippen LogP contribution < -0.4 is 0 Å². The number of hydrogen-bond donors (Lipinski definition) is 0. The van der Waals surface area contributed by atoms with Crippen molar-refractivity contribution >= 4 is 21.5 Å². The molecule has 0 N–H and O–H groups in total. The molecule has 0 aliphatic heterocycles. The summed E-state index contributed by atoms with van der Waals surface area (Å²) in [7, 11) is 0. The number of hydrogen-bond acceptors (Lipinski definition) is 0. The van der Waals surface area contributed by atoms with E-state index in [1.165, 1.54) is 6.07 Å². The largest absolute Gasteiger partial charge is 0.417 e. The van der Waals surface area contributed by atoms with Gasteiger partial charge in [-0.15, -0.1) is 0 Å². The molecule has 118 valence electrons. The Morgan fingerprint density at radius 2 is 1.78 bits per heavy atom. The number of rotatable bonds is 0. The zero-order valence-electron chi connectivity index (χ0n) is 12.9. The highest BCUT2D eigenvalue weighted by atomic mass is 19.4. The average molecular weight is 314 g/mol. The number of halogens is 3. The first-order chi connectivity index (χ1) is 11.0. The lowest BCUT2D eigenvalue weighted by atomic mass is 9.79. The highest BCUT2D eigenvalue weighted by Crippen LogP contribution is 2.44. The van der Waals surface area contributed by atoms with Gasteiger partial charge in [0.2, 0.25) is 0 Å². The van der Waals surface area contributed by atoms with Crippen LogP contribution in [0.3, 0.4) is 0 Å². The minimum absolute atomic E-state index is 0.329. The molecule has 3 aromatic carbocycles. The Balaban J connectivity index is 2.21. The van der Waals surface area contributed by atoms with E-state index in [1.807, 2.05) is 24.3 Å². The molecule has 23 heavy (non-hydrogen) atoms. The Morgan fingerprint density at radius 1 is 1.00 bits per heavy atom. The topological polar surface area (TPSA) is 0 Å². The van der Waals surface area contributed by atoms with Gasteiger partial charge in [0.05, 0.1) is 5.56 Å². The van der Waals surface area contributed by atoms with Crippen molar-refractivity contribution in [2.45, 2.75) is 38.3 Å². The van der Waals surface area contributed by atoms with Crippen molar-refractivity contribution in [3.63, 3.8) is 0 Å². The fraction of sp³-hybridized carbons (Fsp3) is 0.300. The highest BCUT2D eigenvalue weighted by Gasteiger charge is 2.35. The Kier molecular flexibility index (Phi) is 3.15. The lowest BCUT2D eigenvalue weighted by molar-refractivity contribution is -0.136. The monoisotopic (exact) mass is 314 g/mol. The van der Waals surface area contributed by atoms with Crippen molar-refractivity contribution in [1.29, 1.82) is 0 Å². The van der Waals surface area contributed by atoms with Crippen LogP contribution in [0.15, 0.2) is 42.5 Å². The summed E-state index contributed by atoms with van der Waals surface area (Å²) in [6.07, 6.45) is -1.60. The van der Waals surface area contributed by atoms with Crippen molar-refractivity contribution in [2.24, 2.45) is 0 Å². The second-order valence-electron chi connectivity index (χ2n) is 6.49. The van der Waals surface area contributed by atoms with Gasteiger partial charge in [0, 0.05) is 0 Å². The molecule has 0 aromatic heterocycles. The van der Waals surface area contributed by atoms with Crippen LogP contribution in [0.5, 0.6) is 0 Å². The molecule has 0 fully saturated rings. The molecule has 3 aromatic rings. The van der Waals surface area contributed by atoms with Gasteiger partial charge in [0.1, 0.15) is 0 Å². The Morgan fingerprint density at radius 3 is 2.57 bits per heavy atom. The van der Waals surface area contributed by atoms with Crippen LogP contribution in [0.25, 0.3) is 21.5 Å². The maximum Gasteiger partial charge on any atom is 0.417 e. The molecule has 0 amide bonds. The minimum atomic E-state index is -4.34. The molecule has 4 rings (SSSR count). The van der Waals surface area contributed by atoms with Crippen molar-refractivity contribution in [3.05, 3.63) is 59.2 Å². The maximum absolute atomic E-state index is 13.7. The molecule has 1 unspecified atom stereocenters. The van der Waals surface area contributed by atoms with E-state index in [0.29, 0.717) is 16.7 Å². The quantitative estimate of drug-likeness (QED) is 0.418. The van der Waals surface area contributed by atoms with Crippen LogP contribution in [0.2, 0.25) is 0 Å². The summed E-state index contributed by atoms with van der Waals surface area (Å²) in [5.41, 5.74) is 1.50. The first kappa shape index (κ1) is 14.6. The molecule has 0 saturated carbocycles. The molecule has 0 bridgehead atoms. The molecule has 1 atom stereocenters. The molecular weight excluding hydrogens is 297 g/mol. The summed E-state index contributed by atoms with van der Waals surface area (Å²) < 4.78 is 41.1. The predicted octanol–water partition coefficient (Wildman–Crippen LogP) is 6.45. The second kappa shape index (κ2) is 4.98. The smallest absolute Gasteiger partial charge is 0.166 e. The molecule has 0 saturated heterocycles. The molecule has 1 aliphatic carbocycles.